The number of hydrogen-bond donors (Lipinski definition) is 0. The molecule has 6 heteroatoms. The third-order valence-corrected chi connectivity index (χ3v) is 6.39. The van der Waals surface area contributed by atoms with Crippen LogP contribution in [0.15, 0.2) is 49.3 Å². The van der Waals surface area contributed by atoms with E-state index in [9.17, 15) is 9.59 Å². The van der Waals surface area contributed by atoms with Crippen molar-refractivity contribution in [2.45, 2.75) is 103 Å². The lowest BCUT2D eigenvalue weighted by Crippen LogP contribution is -2.13. The average molecular weight is 509 g/mol. The second-order valence-electron chi connectivity index (χ2n) is 9.61. The standard InChI is InChI=1S/C31H44N2O4/c1-4-29(34)36-22-14-9-7-6-8-12-17-27-23-32-31(33-24-27)28-20-18-26(19-21-28)16-13-10-11-15-25(3)37-30(35)5-2/h4,18-21,23-25H,1,5-17,22H2,2-3H3. The van der Waals surface area contributed by atoms with Crippen molar-refractivity contribution in [3.05, 3.63) is 60.4 Å². The molecule has 37 heavy (non-hydrogen) atoms. The molecule has 0 saturated carbocycles. The SMILES string of the molecule is C=CC(=O)OCCCCCCCCc1cnc(-c2ccc(CCCCCC(C)OC(=O)CC)cc2)nc1. The van der Waals surface area contributed by atoms with Gasteiger partial charge in [0.2, 0.25) is 0 Å². The normalized spacial score (nSPS) is 11.6. The van der Waals surface area contributed by atoms with Crippen LogP contribution in [0.3, 0.4) is 0 Å². The van der Waals surface area contributed by atoms with Crippen LogP contribution >= 0.6 is 0 Å². The van der Waals surface area contributed by atoms with Gasteiger partial charge in [0, 0.05) is 30.5 Å². The fourth-order valence-corrected chi connectivity index (χ4v) is 4.13. The third kappa shape index (κ3) is 13.2. The lowest BCUT2D eigenvalue weighted by molar-refractivity contribution is -0.148. The molecule has 0 aliphatic heterocycles. The second-order valence-corrected chi connectivity index (χ2v) is 9.61. The van der Waals surface area contributed by atoms with Gasteiger partial charge in [-0.05, 0) is 63.0 Å². The van der Waals surface area contributed by atoms with Crippen molar-refractivity contribution in [2.75, 3.05) is 6.61 Å². The lowest BCUT2D eigenvalue weighted by Gasteiger charge is -2.12. The summed E-state index contributed by atoms with van der Waals surface area (Å²) >= 11 is 0. The Labute approximate surface area is 222 Å². The van der Waals surface area contributed by atoms with E-state index in [0.717, 1.165) is 75.6 Å². The van der Waals surface area contributed by atoms with Crippen LogP contribution in [0.2, 0.25) is 0 Å². The zero-order valence-electron chi connectivity index (χ0n) is 22.8. The Balaban J connectivity index is 1.59. The number of carbonyl (C=O) groups is 2. The summed E-state index contributed by atoms with van der Waals surface area (Å²) in [6.07, 6.45) is 18.5. The number of esters is 2. The molecule has 0 radical (unpaired) electrons. The van der Waals surface area contributed by atoms with Gasteiger partial charge in [-0.2, -0.15) is 0 Å². The van der Waals surface area contributed by atoms with Gasteiger partial charge in [-0.1, -0.05) is 69.9 Å². The summed E-state index contributed by atoms with van der Waals surface area (Å²) in [7, 11) is 0. The topological polar surface area (TPSA) is 78.4 Å². The Hall–Kier alpha value is -3.02. The van der Waals surface area contributed by atoms with Gasteiger partial charge in [-0.15, -0.1) is 0 Å². The van der Waals surface area contributed by atoms with Gasteiger partial charge in [-0.25, -0.2) is 14.8 Å². The fraction of sp³-hybridized carbons (Fsp3) is 0.548. The summed E-state index contributed by atoms with van der Waals surface area (Å²) < 4.78 is 10.3. The van der Waals surface area contributed by atoms with E-state index in [2.05, 4.69) is 40.8 Å². The Morgan fingerprint density at radius 1 is 0.865 bits per heavy atom. The van der Waals surface area contributed by atoms with Crippen molar-refractivity contribution >= 4 is 11.9 Å². The minimum atomic E-state index is -0.340. The first-order chi connectivity index (χ1) is 18.0. The van der Waals surface area contributed by atoms with Crippen LogP contribution in [0.4, 0.5) is 0 Å². The highest BCUT2D eigenvalue weighted by Crippen LogP contribution is 2.18. The predicted molar refractivity (Wildman–Crippen MR) is 148 cm³/mol. The molecule has 1 heterocycles. The molecule has 1 aromatic heterocycles. The number of rotatable bonds is 19. The maximum absolute atomic E-state index is 11.3. The van der Waals surface area contributed by atoms with E-state index in [-0.39, 0.29) is 18.0 Å². The smallest absolute Gasteiger partial charge is 0.330 e. The van der Waals surface area contributed by atoms with Gasteiger partial charge in [0.1, 0.15) is 0 Å². The molecule has 1 atom stereocenters. The number of unbranched alkanes of at least 4 members (excludes halogenated alkanes) is 7. The highest BCUT2D eigenvalue weighted by molar-refractivity contribution is 5.81. The molecule has 0 bridgehead atoms. The molecular weight excluding hydrogens is 464 g/mol. The minimum Gasteiger partial charge on any atom is -0.463 e. The molecule has 2 rings (SSSR count). The maximum Gasteiger partial charge on any atom is 0.330 e. The monoisotopic (exact) mass is 508 g/mol. The van der Waals surface area contributed by atoms with Crippen LogP contribution in [0.25, 0.3) is 11.4 Å². The van der Waals surface area contributed by atoms with Gasteiger partial charge < -0.3 is 9.47 Å². The molecule has 0 spiro atoms. The summed E-state index contributed by atoms with van der Waals surface area (Å²) in [6.45, 7) is 7.67. The largest absolute Gasteiger partial charge is 0.463 e. The van der Waals surface area contributed by atoms with Crippen molar-refractivity contribution in [1.29, 1.82) is 0 Å². The minimum absolute atomic E-state index is 0.0105. The number of hydrogen-bond acceptors (Lipinski definition) is 6. The van der Waals surface area contributed by atoms with Crippen LogP contribution in [-0.2, 0) is 31.9 Å². The second kappa shape index (κ2) is 18.3. The summed E-state index contributed by atoms with van der Waals surface area (Å²) in [4.78, 5) is 31.5. The zero-order chi connectivity index (χ0) is 26.7. The molecule has 0 aliphatic carbocycles. The maximum atomic E-state index is 11.3. The van der Waals surface area contributed by atoms with Gasteiger partial charge in [0.15, 0.2) is 5.82 Å². The predicted octanol–water partition coefficient (Wildman–Crippen LogP) is 7.20. The summed E-state index contributed by atoms with van der Waals surface area (Å²) in [5.41, 5.74) is 3.54. The molecule has 0 saturated heterocycles. The Bertz CT molecular complexity index is 925. The van der Waals surface area contributed by atoms with E-state index in [1.54, 1.807) is 0 Å². The molecular formula is C31H44N2O4. The van der Waals surface area contributed by atoms with Crippen molar-refractivity contribution in [1.82, 2.24) is 9.97 Å². The molecule has 0 aliphatic rings. The van der Waals surface area contributed by atoms with Gasteiger partial charge >= 0.3 is 11.9 Å². The van der Waals surface area contributed by atoms with Crippen LogP contribution in [0, 0.1) is 0 Å². The number of benzene rings is 1. The zero-order valence-corrected chi connectivity index (χ0v) is 22.8. The van der Waals surface area contributed by atoms with E-state index in [1.165, 1.54) is 30.0 Å². The number of ether oxygens (including phenoxy) is 2. The molecule has 0 fully saturated rings. The van der Waals surface area contributed by atoms with E-state index >= 15 is 0 Å². The highest BCUT2D eigenvalue weighted by Gasteiger charge is 2.07. The van der Waals surface area contributed by atoms with Crippen molar-refractivity contribution in [3.8, 4) is 11.4 Å². The summed E-state index contributed by atoms with van der Waals surface area (Å²) in [5.74, 6) is 0.312. The van der Waals surface area contributed by atoms with E-state index in [1.807, 2.05) is 26.2 Å². The van der Waals surface area contributed by atoms with Crippen LogP contribution < -0.4 is 0 Å². The quantitative estimate of drug-likeness (QED) is 0.113. The molecule has 1 aromatic carbocycles. The first kappa shape index (κ1) is 30.2. The summed E-state index contributed by atoms with van der Waals surface area (Å²) in [5, 5.41) is 0. The molecule has 0 N–H and O–H groups in total. The first-order valence-corrected chi connectivity index (χ1v) is 13.9. The van der Waals surface area contributed by atoms with Crippen molar-refractivity contribution in [2.24, 2.45) is 0 Å². The Kier molecular flexibility index (Phi) is 14.9. The highest BCUT2D eigenvalue weighted by atomic mass is 16.5. The van der Waals surface area contributed by atoms with Crippen molar-refractivity contribution in [3.63, 3.8) is 0 Å². The molecule has 202 valence electrons. The average Bonchev–Trinajstić information content (AvgIpc) is 2.92. The van der Waals surface area contributed by atoms with Crippen LogP contribution in [0.5, 0.6) is 0 Å². The molecule has 1 unspecified atom stereocenters. The van der Waals surface area contributed by atoms with Crippen molar-refractivity contribution < 1.29 is 19.1 Å². The number of nitrogens with zero attached hydrogens (tertiary/aromatic N) is 2. The Morgan fingerprint density at radius 2 is 1.46 bits per heavy atom. The van der Waals surface area contributed by atoms with E-state index in [0.29, 0.717) is 13.0 Å². The van der Waals surface area contributed by atoms with E-state index < -0.39 is 0 Å². The first-order valence-electron chi connectivity index (χ1n) is 13.9. The summed E-state index contributed by atoms with van der Waals surface area (Å²) in [6, 6.07) is 8.55. The van der Waals surface area contributed by atoms with Crippen LogP contribution in [-0.4, -0.2) is 34.6 Å². The number of aromatic nitrogens is 2. The van der Waals surface area contributed by atoms with E-state index in [4.69, 9.17) is 9.47 Å². The van der Waals surface area contributed by atoms with Gasteiger partial charge in [0.05, 0.1) is 12.7 Å². The Morgan fingerprint density at radius 3 is 2.11 bits per heavy atom. The molecule has 2 aromatic rings. The lowest BCUT2D eigenvalue weighted by atomic mass is 10.0. The third-order valence-electron chi connectivity index (χ3n) is 6.39. The molecule has 0 amide bonds. The van der Waals surface area contributed by atoms with Gasteiger partial charge in [0.25, 0.3) is 0 Å². The van der Waals surface area contributed by atoms with Crippen LogP contribution in [0.1, 0.15) is 95.6 Å². The molecule has 6 nitrogen and oxygen atoms in total. The number of carbonyl (C=O) groups excluding carboxylic acids is 2. The van der Waals surface area contributed by atoms with Gasteiger partial charge in [-0.3, -0.25) is 4.79 Å². The number of aryl methyl sites for hydroxylation is 2. The fourth-order valence-electron chi connectivity index (χ4n) is 4.13.